The first kappa shape index (κ1) is 21.6. The largest absolute Gasteiger partial charge is 0.377 e. The molecule has 0 spiro atoms. The summed E-state index contributed by atoms with van der Waals surface area (Å²) >= 11 is 1.63. The molecule has 0 bridgehead atoms. The molecule has 2 heterocycles. The SMILES string of the molecule is Cc1nc(CCNC(=O)C2(N)C3CCCOC3C2(C)C)cs1.Cl.Cl. The maximum absolute atomic E-state index is 12.7. The second-order valence-corrected chi connectivity index (χ2v) is 8.06. The number of rotatable bonds is 4. The van der Waals surface area contributed by atoms with Crippen LogP contribution in [0.15, 0.2) is 5.38 Å². The quantitative estimate of drug-likeness (QED) is 0.820. The minimum Gasteiger partial charge on any atom is -0.377 e. The zero-order chi connectivity index (χ0) is 16.0. The summed E-state index contributed by atoms with van der Waals surface area (Å²) in [6.45, 7) is 7.44. The van der Waals surface area contributed by atoms with E-state index >= 15 is 0 Å². The molecule has 8 heteroatoms. The summed E-state index contributed by atoms with van der Waals surface area (Å²) in [6, 6.07) is 0. The predicted molar refractivity (Wildman–Crippen MR) is 101 cm³/mol. The Morgan fingerprint density at radius 1 is 1.50 bits per heavy atom. The van der Waals surface area contributed by atoms with Crippen LogP contribution in [0.1, 0.15) is 37.4 Å². The third kappa shape index (κ3) is 3.31. The third-order valence-electron chi connectivity index (χ3n) is 5.39. The molecule has 5 nitrogen and oxygen atoms in total. The molecule has 1 aliphatic heterocycles. The number of aromatic nitrogens is 1. The van der Waals surface area contributed by atoms with Crippen LogP contribution in [0.25, 0.3) is 0 Å². The summed E-state index contributed by atoms with van der Waals surface area (Å²) in [5.74, 6) is 0.0916. The van der Waals surface area contributed by atoms with Gasteiger partial charge in [0.25, 0.3) is 0 Å². The molecule has 2 aliphatic rings. The first-order valence-corrected chi connectivity index (χ1v) is 8.85. The van der Waals surface area contributed by atoms with E-state index in [1.807, 2.05) is 26.2 Å². The minimum atomic E-state index is -0.823. The van der Waals surface area contributed by atoms with Crippen molar-refractivity contribution in [2.45, 2.75) is 51.7 Å². The number of nitrogens with zero attached hydrogens (tertiary/aromatic N) is 1. The van der Waals surface area contributed by atoms with Gasteiger partial charge in [0.2, 0.25) is 5.91 Å². The lowest BCUT2D eigenvalue weighted by Gasteiger charge is -2.65. The number of amides is 1. The average Bonchev–Trinajstić information content (AvgIpc) is 2.91. The fraction of sp³-hybridized carbons (Fsp3) is 0.750. The number of thiazole rings is 1. The lowest BCUT2D eigenvalue weighted by atomic mass is 9.46. The summed E-state index contributed by atoms with van der Waals surface area (Å²) in [4.78, 5) is 17.1. The topological polar surface area (TPSA) is 77.2 Å². The predicted octanol–water partition coefficient (Wildman–Crippen LogP) is 2.49. The lowest BCUT2D eigenvalue weighted by Crippen LogP contribution is -2.82. The van der Waals surface area contributed by atoms with Gasteiger partial charge >= 0.3 is 0 Å². The Labute approximate surface area is 159 Å². The zero-order valence-electron chi connectivity index (χ0n) is 14.3. The van der Waals surface area contributed by atoms with Crippen LogP contribution < -0.4 is 11.1 Å². The van der Waals surface area contributed by atoms with Gasteiger partial charge in [-0.3, -0.25) is 4.79 Å². The van der Waals surface area contributed by atoms with Gasteiger partial charge in [-0.25, -0.2) is 4.98 Å². The van der Waals surface area contributed by atoms with Crippen molar-refractivity contribution in [2.24, 2.45) is 17.1 Å². The maximum Gasteiger partial charge on any atom is 0.241 e. The van der Waals surface area contributed by atoms with E-state index in [1.165, 1.54) is 0 Å². The Morgan fingerprint density at radius 3 is 2.83 bits per heavy atom. The highest BCUT2D eigenvalue weighted by Crippen LogP contribution is 2.57. The van der Waals surface area contributed by atoms with Crippen molar-refractivity contribution >= 4 is 42.1 Å². The molecule has 24 heavy (non-hydrogen) atoms. The number of carbonyl (C=O) groups excluding carboxylic acids is 1. The van der Waals surface area contributed by atoms with Gasteiger partial charge in [-0.15, -0.1) is 36.2 Å². The minimum absolute atomic E-state index is 0. The van der Waals surface area contributed by atoms with Crippen molar-refractivity contribution < 1.29 is 9.53 Å². The second kappa shape index (κ2) is 7.87. The van der Waals surface area contributed by atoms with Crippen LogP contribution in [0.5, 0.6) is 0 Å². The van der Waals surface area contributed by atoms with E-state index in [-0.39, 0.29) is 48.2 Å². The fourth-order valence-electron chi connectivity index (χ4n) is 4.01. The van der Waals surface area contributed by atoms with Crippen LogP contribution in [-0.2, 0) is 16.0 Å². The summed E-state index contributed by atoms with van der Waals surface area (Å²) in [5.41, 5.74) is 6.44. The Balaban J connectivity index is 0.00000144. The monoisotopic (exact) mass is 395 g/mol. The molecule has 3 N–H and O–H groups in total. The molecular weight excluding hydrogens is 369 g/mol. The van der Waals surface area contributed by atoms with Gasteiger partial charge in [0.1, 0.15) is 5.54 Å². The Bertz CT molecular complexity index is 581. The van der Waals surface area contributed by atoms with Crippen molar-refractivity contribution in [3.8, 4) is 0 Å². The molecule has 3 unspecified atom stereocenters. The van der Waals surface area contributed by atoms with Crippen molar-refractivity contribution in [2.75, 3.05) is 13.2 Å². The van der Waals surface area contributed by atoms with Gasteiger partial charge in [-0.05, 0) is 19.8 Å². The number of carbonyl (C=O) groups is 1. The van der Waals surface area contributed by atoms with E-state index in [1.54, 1.807) is 11.3 Å². The van der Waals surface area contributed by atoms with Crippen molar-refractivity contribution in [1.29, 1.82) is 0 Å². The first-order valence-electron chi connectivity index (χ1n) is 7.97. The highest BCUT2D eigenvalue weighted by Gasteiger charge is 2.70. The van der Waals surface area contributed by atoms with Gasteiger partial charge in [0.05, 0.1) is 16.8 Å². The Kier molecular flexibility index (Phi) is 7.10. The number of hydrogen-bond donors (Lipinski definition) is 2. The molecule has 1 saturated carbocycles. The number of nitrogens with one attached hydrogen (secondary N) is 1. The van der Waals surface area contributed by atoms with E-state index in [0.29, 0.717) is 6.54 Å². The molecule has 1 saturated heterocycles. The van der Waals surface area contributed by atoms with Crippen LogP contribution in [0.4, 0.5) is 0 Å². The van der Waals surface area contributed by atoms with Gasteiger partial charge in [0, 0.05) is 36.3 Å². The molecule has 138 valence electrons. The van der Waals surface area contributed by atoms with E-state index in [4.69, 9.17) is 10.5 Å². The van der Waals surface area contributed by atoms with E-state index in [0.717, 1.165) is 36.6 Å². The molecule has 1 amide bonds. The molecule has 3 atom stereocenters. The van der Waals surface area contributed by atoms with Crippen LogP contribution in [0.3, 0.4) is 0 Å². The summed E-state index contributed by atoms with van der Waals surface area (Å²) in [7, 11) is 0. The summed E-state index contributed by atoms with van der Waals surface area (Å²) < 4.78 is 5.85. The van der Waals surface area contributed by atoms with Gasteiger partial charge in [-0.1, -0.05) is 13.8 Å². The van der Waals surface area contributed by atoms with Crippen LogP contribution in [0.2, 0.25) is 0 Å². The number of hydrogen-bond acceptors (Lipinski definition) is 5. The van der Waals surface area contributed by atoms with E-state index in [2.05, 4.69) is 10.3 Å². The van der Waals surface area contributed by atoms with Crippen molar-refractivity contribution in [3.63, 3.8) is 0 Å². The molecule has 1 aromatic heterocycles. The van der Waals surface area contributed by atoms with Crippen LogP contribution in [0, 0.1) is 18.3 Å². The first-order chi connectivity index (χ1) is 10.4. The highest BCUT2D eigenvalue weighted by atomic mass is 35.5. The molecule has 2 fully saturated rings. The highest BCUT2D eigenvalue weighted by molar-refractivity contribution is 7.09. The number of aryl methyl sites for hydroxylation is 1. The third-order valence-corrected chi connectivity index (χ3v) is 6.22. The summed E-state index contributed by atoms with van der Waals surface area (Å²) in [6.07, 6.45) is 2.82. The molecular formula is C16H27Cl2N3O2S. The normalized spacial score (nSPS) is 30.2. The molecule has 1 aromatic rings. The Hall–Kier alpha value is -0.400. The molecule has 0 aromatic carbocycles. The molecule has 3 rings (SSSR count). The number of ether oxygens (including phenoxy) is 1. The summed E-state index contributed by atoms with van der Waals surface area (Å²) in [5, 5.41) is 6.11. The second-order valence-electron chi connectivity index (χ2n) is 6.99. The molecule has 0 radical (unpaired) electrons. The average molecular weight is 396 g/mol. The van der Waals surface area contributed by atoms with Gasteiger partial charge in [-0.2, -0.15) is 0 Å². The number of nitrogens with two attached hydrogens (primary N) is 1. The fourth-order valence-corrected chi connectivity index (χ4v) is 4.66. The zero-order valence-corrected chi connectivity index (χ0v) is 16.8. The maximum atomic E-state index is 12.7. The van der Waals surface area contributed by atoms with Crippen LogP contribution >= 0.6 is 36.2 Å². The van der Waals surface area contributed by atoms with Crippen molar-refractivity contribution in [1.82, 2.24) is 10.3 Å². The molecule has 1 aliphatic carbocycles. The standard InChI is InChI=1S/C16H25N3O2S.2ClH/c1-10-19-11(9-22-10)6-7-18-14(20)16(17)12-5-4-8-21-13(12)15(16,2)3;;/h9,12-13H,4-8,17H2,1-3H3,(H,18,20);2*1H. The Morgan fingerprint density at radius 2 is 2.21 bits per heavy atom. The lowest BCUT2D eigenvalue weighted by molar-refractivity contribution is -0.225. The van der Waals surface area contributed by atoms with Gasteiger partial charge in [0.15, 0.2) is 0 Å². The van der Waals surface area contributed by atoms with Gasteiger partial charge < -0.3 is 15.8 Å². The number of fused-ring (bicyclic) bond motifs is 1. The van der Waals surface area contributed by atoms with E-state index in [9.17, 15) is 4.79 Å². The number of halogens is 2. The van der Waals surface area contributed by atoms with Crippen molar-refractivity contribution in [3.05, 3.63) is 16.1 Å². The van der Waals surface area contributed by atoms with Crippen LogP contribution in [-0.4, -0.2) is 35.7 Å². The smallest absolute Gasteiger partial charge is 0.241 e. The van der Waals surface area contributed by atoms with E-state index < -0.39 is 5.54 Å².